The topological polar surface area (TPSA) is 38.3 Å². The third-order valence-electron chi connectivity index (χ3n) is 4.09. The average molecular weight is 301 g/mol. The maximum Gasteiger partial charge on any atom is 0.261 e. The summed E-state index contributed by atoms with van der Waals surface area (Å²) in [7, 11) is 0. The van der Waals surface area contributed by atoms with Gasteiger partial charge in [-0.3, -0.25) is 4.79 Å². The molecule has 0 saturated heterocycles. The lowest BCUT2D eigenvalue weighted by molar-refractivity contribution is -0.128. The second kappa shape index (κ2) is 8.62. The van der Waals surface area contributed by atoms with E-state index in [1.54, 1.807) is 0 Å². The van der Waals surface area contributed by atoms with E-state index < -0.39 is 6.10 Å². The van der Waals surface area contributed by atoms with Crippen LogP contribution in [0.25, 0.3) is 0 Å². The molecule has 1 N–H and O–H groups in total. The fourth-order valence-corrected chi connectivity index (χ4v) is 2.70. The van der Waals surface area contributed by atoms with Crippen LogP contribution in [0.4, 0.5) is 0 Å². The highest BCUT2D eigenvalue weighted by Gasteiger charge is 2.18. The summed E-state index contributed by atoms with van der Waals surface area (Å²) in [6, 6.07) is 7.82. The summed E-state index contributed by atoms with van der Waals surface area (Å²) in [6.45, 7) is 4.72. The van der Waals surface area contributed by atoms with Crippen molar-refractivity contribution in [3.63, 3.8) is 0 Å². The second-order valence-electron chi connectivity index (χ2n) is 5.98. The SMILES string of the molecule is CC[C@H](Oc1ccc(C)cc1)C(=O)NCCC1=CCCCC1. The number of carbonyl (C=O) groups excluding carboxylic acids is 1. The van der Waals surface area contributed by atoms with Gasteiger partial charge in [-0.05, 0) is 57.6 Å². The third kappa shape index (κ3) is 5.21. The summed E-state index contributed by atoms with van der Waals surface area (Å²) in [4.78, 5) is 12.2. The van der Waals surface area contributed by atoms with Crippen LogP contribution in [-0.4, -0.2) is 18.6 Å². The molecule has 3 nitrogen and oxygen atoms in total. The van der Waals surface area contributed by atoms with E-state index in [1.807, 2.05) is 38.1 Å². The van der Waals surface area contributed by atoms with Crippen molar-refractivity contribution >= 4 is 5.91 Å². The molecule has 0 unspecified atom stereocenters. The zero-order valence-corrected chi connectivity index (χ0v) is 13.7. The molecular weight excluding hydrogens is 274 g/mol. The van der Waals surface area contributed by atoms with Gasteiger partial charge in [-0.15, -0.1) is 0 Å². The molecule has 1 aromatic carbocycles. The lowest BCUT2D eigenvalue weighted by Gasteiger charge is -2.18. The van der Waals surface area contributed by atoms with Gasteiger partial charge in [0.1, 0.15) is 5.75 Å². The van der Waals surface area contributed by atoms with Gasteiger partial charge in [0.05, 0.1) is 0 Å². The van der Waals surface area contributed by atoms with Gasteiger partial charge < -0.3 is 10.1 Å². The fraction of sp³-hybridized carbons (Fsp3) is 0.526. The van der Waals surface area contributed by atoms with E-state index >= 15 is 0 Å². The van der Waals surface area contributed by atoms with Crippen LogP contribution in [0.2, 0.25) is 0 Å². The molecule has 2 rings (SSSR count). The van der Waals surface area contributed by atoms with Crippen LogP contribution in [-0.2, 0) is 4.79 Å². The first-order valence-corrected chi connectivity index (χ1v) is 8.38. The van der Waals surface area contributed by atoms with Gasteiger partial charge in [0.25, 0.3) is 5.91 Å². The first kappa shape index (κ1) is 16.6. The molecule has 1 amide bonds. The zero-order chi connectivity index (χ0) is 15.8. The van der Waals surface area contributed by atoms with Gasteiger partial charge in [-0.2, -0.15) is 0 Å². The highest BCUT2D eigenvalue weighted by Crippen LogP contribution is 2.19. The molecule has 120 valence electrons. The number of nitrogens with one attached hydrogen (secondary N) is 1. The van der Waals surface area contributed by atoms with Crippen molar-refractivity contribution in [2.24, 2.45) is 0 Å². The number of rotatable bonds is 7. The quantitative estimate of drug-likeness (QED) is 0.768. The van der Waals surface area contributed by atoms with Gasteiger partial charge in [-0.25, -0.2) is 0 Å². The predicted molar refractivity (Wildman–Crippen MR) is 90.1 cm³/mol. The molecule has 0 radical (unpaired) electrons. The monoisotopic (exact) mass is 301 g/mol. The van der Waals surface area contributed by atoms with E-state index in [0.717, 1.165) is 12.2 Å². The van der Waals surface area contributed by atoms with E-state index in [4.69, 9.17) is 4.74 Å². The lowest BCUT2D eigenvalue weighted by atomic mass is 9.97. The standard InChI is InChI=1S/C19H27NO2/c1-3-18(22-17-11-9-15(2)10-12-17)19(21)20-14-13-16-7-5-4-6-8-16/h7,9-12,18H,3-6,8,13-14H2,1-2H3,(H,20,21)/t18-/m0/s1. The van der Waals surface area contributed by atoms with Crippen LogP contribution in [0.3, 0.4) is 0 Å². The Kier molecular flexibility index (Phi) is 6.50. The molecule has 1 aliphatic carbocycles. The van der Waals surface area contributed by atoms with Crippen LogP contribution in [0, 0.1) is 6.92 Å². The molecule has 0 aliphatic heterocycles. The lowest BCUT2D eigenvalue weighted by Crippen LogP contribution is -2.38. The second-order valence-corrected chi connectivity index (χ2v) is 5.98. The first-order chi connectivity index (χ1) is 10.7. The largest absolute Gasteiger partial charge is 0.481 e. The molecule has 0 spiro atoms. The Balaban J connectivity index is 1.78. The van der Waals surface area contributed by atoms with E-state index in [2.05, 4.69) is 11.4 Å². The van der Waals surface area contributed by atoms with Crippen molar-refractivity contribution in [1.82, 2.24) is 5.32 Å². The number of hydrogen-bond donors (Lipinski definition) is 1. The molecule has 0 saturated carbocycles. The Hall–Kier alpha value is -1.77. The van der Waals surface area contributed by atoms with Gasteiger partial charge in [0.15, 0.2) is 6.10 Å². The number of ether oxygens (including phenoxy) is 1. The molecule has 1 atom stereocenters. The summed E-state index contributed by atoms with van der Waals surface area (Å²) in [5, 5.41) is 3.01. The van der Waals surface area contributed by atoms with Crippen LogP contribution < -0.4 is 10.1 Å². The summed E-state index contributed by atoms with van der Waals surface area (Å²) in [6.07, 6.45) is 8.52. The number of amides is 1. The average Bonchev–Trinajstić information content (AvgIpc) is 2.55. The van der Waals surface area contributed by atoms with Gasteiger partial charge >= 0.3 is 0 Å². The minimum Gasteiger partial charge on any atom is -0.481 e. The van der Waals surface area contributed by atoms with Crippen molar-refractivity contribution in [3.05, 3.63) is 41.5 Å². The van der Waals surface area contributed by atoms with Crippen molar-refractivity contribution in [2.75, 3.05) is 6.54 Å². The van der Waals surface area contributed by atoms with Crippen molar-refractivity contribution in [1.29, 1.82) is 0 Å². The Morgan fingerprint density at radius 2 is 2.05 bits per heavy atom. The normalized spacial score (nSPS) is 15.8. The number of benzene rings is 1. The summed E-state index contributed by atoms with van der Waals surface area (Å²) < 4.78 is 5.80. The maximum absolute atomic E-state index is 12.2. The first-order valence-electron chi connectivity index (χ1n) is 8.38. The fourth-order valence-electron chi connectivity index (χ4n) is 2.70. The van der Waals surface area contributed by atoms with Crippen molar-refractivity contribution in [3.8, 4) is 5.75 Å². The summed E-state index contributed by atoms with van der Waals surface area (Å²) in [5.41, 5.74) is 2.67. The molecule has 0 aromatic heterocycles. The summed E-state index contributed by atoms with van der Waals surface area (Å²) >= 11 is 0. The van der Waals surface area contributed by atoms with Crippen molar-refractivity contribution in [2.45, 2.75) is 58.5 Å². The van der Waals surface area contributed by atoms with Crippen molar-refractivity contribution < 1.29 is 9.53 Å². The highest BCUT2D eigenvalue weighted by molar-refractivity contribution is 5.81. The van der Waals surface area contributed by atoms with Crippen LogP contribution >= 0.6 is 0 Å². The zero-order valence-electron chi connectivity index (χ0n) is 13.7. The molecule has 0 bridgehead atoms. The van der Waals surface area contributed by atoms with Gasteiger partial charge in [0.2, 0.25) is 0 Å². The molecule has 3 heteroatoms. The maximum atomic E-state index is 12.2. The Bertz CT molecular complexity index is 505. The summed E-state index contributed by atoms with van der Waals surface area (Å²) in [5.74, 6) is 0.738. The van der Waals surface area contributed by atoms with E-state index in [1.165, 1.54) is 36.8 Å². The van der Waals surface area contributed by atoms with E-state index in [9.17, 15) is 4.79 Å². The van der Waals surface area contributed by atoms with Crippen LogP contribution in [0.5, 0.6) is 5.75 Å². The molecule has 1 aliphatic rings. The number of allylic oxidation sites excluding steroid dienone is 1. The molecular formula is C19H27NO2. The molecule has 0 fully saturated rings. The molecule has 1 aromatic rings. The predicted octanol–water partition coefficient (Wildman–Crippen LogP) is 4.16. The smallest absolute Gasteiger partial charge is 0.261 e. The Morgan fingerprint density at radius 1 is 1.27 bits per heavy atom. The Morgan fingerprint density at radius 3 is 2.68 bits per heavy atom. The number of carbonyl (C=O) groups is 1. The minimum atomic E-state index is -0.414. The van der Waals surface area contributed by atoms with Gasteiger partial charge in [0, 0.05) is 6.54 Å². The number of hydrogen-bond acceptors (Lipinski definition) is 2. The van der Waals surface area contributed by atoms with Crippen LogP contribution in [0.15, 0.2) is 35.9 Å². The van der Waals surface area contributed by atoms with E-state index in [-0.39, 0.29) is 5.91 Å². The number of aryl methyl sites for hydroxylation is 1. The van der Waals surface area contributed by atoms with E-state index in [0.29, 0.717) is 13.0 Å². The van der Waals surface area contributed by atoms with Crippen LogP contribution in [0.1, 0.15) is 51.0 Å². The van der Waals surface area contributed by atoms with Gasteiger partial charge in [-0.1, -0.05) is 36.3 Å². The Labute approximate surface area is 133 Å². The highest BCUT2D eigenvalue weighted by atomic mass is 16.5. The molecule has 0 heterocycles. The molecule has 22 heavy (non-hydrogen) atoms. The third-order valence-corrected chi connectivity index (χ3v) is 4.09. The minimum absolute atomic E-state index is 0.0144.